The molecule has 136 valence electrons. The van der Waals surface area contributed by atoms with E-state index in [-0.39, 0.29) is 30.2 Å². The molecule has 25 heavy (non-hydrogen) atoms. The van der Waals surface area contributed by atoms with E-state index in [2.05, 4.69) is 5.32 Å². The maximum absolute atomic E-state index is 13.8. The molecule has 7 heteroatoms. The van der Waals surface area contributed by atoms with Crippen molar-refractivity contribution >= 4 is 11.8 Å². The van der Waals surface area contributed by atoms with Crippen LogP contribution in [-0.2, 0) is 16.1 Å². The molecule has 1 N–H and O–H groups in total. The molecule has 2 heterocycles. The van der Waals surface area contributed by atoms with Crippen LogP contribution in [0.25, 0.3) is 0 Å². The van der Waals surface area contributed by atoms with Crippen LogP contribution in [0.5, 0.6) is 5.75 Å². The summed E-state index contributed by atoms with van der Waals surface area (Å²) in [6, 6.07) is 4.90. The molecule has 2 aliphatic rings. The Kier molecular flexibility index (Phi) is 5.53. The largest absolute Gasteiger partial charge is 0.489 e. The summed E-state index contributed by atoms with van der Waals surface area (Å²) in [7, 11) is 0. The summed E-state index contributed by atoms with van der Waals surface area (Å²) in [5, 5.41) is 2.89. The fraction of sp³-hybridized carbons (Fsp3) is 0.556. The Hall–Kier alpha value is -2.15. The normalized spacial score (nSPS) is 21.0. The highest BCUT2D eigenvalue weighted by atomic mass is 19.1. The van der Waals surface area contributed by atoms with Gasteiger partial charge in [-0.25, -0.2) is 4.39 Å². The predicted molar refractivity (Wildman–Crippen MR) is 90.6 cm³/mol. The summed E-state index contributed by atoms with van der Waals surface area (Å²) in [4.78, 5) is 27.7. The van der Waals surface area contributed by atoms with Crippen LogP contribution in [0.15, 0.2) is 18.2 Å². The van der Waals surface area contributed by atoms with E-state index in [4.69, 9.17) is 4.74 Å². The maximum Gasteiger partial charge on any atom is 0.236 e. The van der Waals surface area contributed by atoms with Crippen LogP contribution < -0.4 is 10.1 Å². The number of piperidine rings is 1. The number of nitrogens with one attached hydrogen (secondary N) is 1. The number of hydrogen-bond acceptors (Lipinski definition) is 4. The molecule has 0 bridgehead atoms. The van der Waals surface area contributed by atoms with Gasteiger partial charge in [0.1, 0.15) is 6.61 Å². The summed E-state index contributed by atoms with van der Waals surface area (Å²) in [6.45, 7) is 4.44. The van der Waals surface area contributed by atoms with Gasteiger partial charge in [-0.15, -0.1) is 0 Å². The topological polar surface area (TPSA) is 61.9 Å². The number of hydrogen-bond donors (Lipinski definition) is 1. The van der Waals surface area contributed by atoms with Crippen molar-refractivity contribution in [3.63, 3.8) is 0 Å². The highest BCUT2D eigenvalue weighted by Gasteiger charge is 2.26. The van der Waals surface area contributed by atoms with Crippen molar-refractivity contribution in [2.75, 3.05) is 32.8 Å². The number of carbonyl (C=O) groups is 2. The third-order valence-corrected chi connectivity index (χ3v) is 4.64. The van der Waals surface area contributed by atoms with E-state index in [1.54, 1.807) is 6.07 Å². The third kappa shape index (κ3) is 4.48. The van der Waals surface area contributed by atoms with E-state index in [0.29, 0.717) is 38.5 Å². The van der Waals surface area contributed by atoms with Crippen LogP contribution in [0.3, 0.4) is 0 Å². The molecule has 2 amide bonds. The number of likely N-dealkylation sites (tertiary alicyclic amines) is 1. The summed E-state index contributed by atoms with van der Waals surface area (Å²) in [5.41, 5.74) is 0.764. The molecule has 1 aromatic rings. The van der Waals surface area contributed by atoms with Gasteiger partial charge in [-0.3, -0.25) is 14.5 Å². The van der Waals surface area contributed by atoms with Crippen LogP contribution >= 0.6 is 0 Å². The lowest BCUT2D eigenvalue weighted by Gasteiger charge is -2.34. The van der Waals surface area contributed by atoms with E-state index in [1.807, 2.05) is 15.9 Å². The van der Waals surface area contributed by atoms with Crippen molar-refractivity contribution in [1.29, 1.82) is 0 Å². The van der Waals surface area contributed by atoms with Gasteiger partial charge < -0.3 is 15.0 Å². The van der Waals surface area contributed by atoms with Crippen molar-refractivity contribution in [3.05, 3.63) is 29.6 Å². The first-order valence-corrected chi connectivity index (χ1v) is 8.70. The minimum absolute atomic E-state index is 0.0255. The molecule has 0 aromatic heterocycles. The zero-order chi connectivity index (χ0) is 17.8. The fourth-order valence-corrected chi connectivity index (χ4v) is 3.47. The number of ether oxygens (including phenoxy) is 1. The molecule has 3 rings (SSSR count). The van der Waals surface area contributed by atoms with Crippen molar-refractivity contribution in [1.82, 2.24) is 15.1 Å². The molecule has 0 radical (unpaired) electrons. The number of fused-ring (bicyclic) bond motifs is 1. The van der Waals surface area contributed by atoms with Gasteiger partial charge in [0.05, 0.1) is 6.54 Å². The average Bonchev–Trinajstić information content (AvgIpc) is 2.77. The highest BCUT2D eigenvalue weighted by molar-refractivity contribution is 5.78. The van der Waals surface area contributed by atoms with E-state index in [1.165, 1.54) is 13.0 Å². The fourth-order valence-electron chi connectivity index (χ4n) is 3.47. The lowest BCUT2D eigenvalue weighted by Crippen LogP contribution is -2.51. The summed E-state index contributed by atoms with van der Waals surface area (Å²) in [5.74, 6) is -0.0986. The minimum atomic E-state index is -0.361. The molecular weight excluding hydrogens is 325 g/mol. The smallest absolute Gasteiger partial charge is 0.236 e. The zero-order valence-electron chi connectivity index (χ0n) is 14.5. The van der Waals surface area contributed by atoms with Crippen LogP contribution in [-0.4, -0.2) is 60.4 Å². The molecule has 1 unspecified atom stereocenters. The van der Waals surface area contributed by atoms with Gasteiger partial charge in [0.15, 0.2) is 11.6 Å². The zero-order valence-corrected chi connectivity index (χ0v) is 14.5. The Balaban J connectivity index is 1.60. The Morgan fingerprint density at radius 3 is 3.00 bits per heavy atom. The van der Waals surface area contributed by atoms with Crippen LogP contribution in [0.1, 0.15) is 25.3 Å². The summed E-state index contributed by atoms with van der Waals surface area (Å²) >= 11 is 0. The first-order chi connectivity index (χ1) is 12.0. The standard InChI is InChI=1S/C18H24FN3O3/c1-13(23)20-15-5-3-7-22(11-15)17(24)12-21-8-9-25-18-14(10-21)4-2-6-16(18)19/h2,4,6,15H,3,5,7-12H2,1H3,(H,20,23). The number of amides is 2. The van der Waals surface area contributed by atoms with Gasteiger partial charge in [0.25, 0.3) is 0 Å². The molecule has 0 aliphatic carbocycles. The van der Waals surface area contributed by atoms with E-state index < -0.39 is 0 Å². The number of halogens is 1. The highest BCUT2D eigenvalue weighted by Crippen LogP contribution is 2.26. The van der Waals surface area contributed by atoms with Gasteiger partial charge in [0.2, 0.25) is 11.8 Å². The molecule has 0 saturated carbocycles. The Morgan fingerprint density at radius 2 is 2.20 bits per heavy atom. The molecule has 1 fully saturated rings. The Morgan fingerprint density at radius 1 is 1.36 bits per heavy atom. The number of benzene rings is 1. The second kappa shape index (κ2) is 7.82. The van der Waals surface area contributed by atoms with Gasteiger partial charge in [-0.2, -0.15) is 0 Å². The van der Waals surface area contributed by atoms with Crippen molar-refractivity contribution in [2.24, 2.45) is 0 Å². The number of carbonyl (C=O) groups excluding carboxylic acids is 2. The molecule has 2 aliphatic heterocycles. The number of rotatable bonds is 3. The first-order valence-electron chi connectivity index (χ1n) is 8.70. The van der Waals surface area contributed by atoms with Gasteiger partial charge in [-0.05, 0) is 18.9 Å². The monoisotopic (exact) mass is 349 g/mol. The second-order valence-electron chi connectivity index (χ2n) is 6.67. The van der Waals surface area contributed by atoms with Crippen LogP contribution in [0.4, 0.5) is 4.39 Å². The third-order valence-electron chi connectivity index (χ3n) is 4.64. The predicted octanol–water partition coefficient (Wildman–Crippen LogP) is 1.15. The number of para-hydroxylation sites is 1. The van der Waals surface area contributed by atoms with Gasteiger partial charge in [-0.1, -0.05) is 12.1 Å². The Labute approximate surface area is 146 Å². The minimum Gasteiger partial charge on any atom is -0.489 e. The van der Waals surface area contributed by atoms with Crippen LogP contribution in [0, 0.1) is 5.82 Å². The molecular formula is C18H24FN3O3. The van der Waals surface area contributed by atoms with Crippen LogP contribution in [0.2, 0.25) is 0 Å². The maximum atomic E-state index is 13.8. The van der Waals surface area contributed by atoms with E-state index in [0.717, 1.165) is 18.4 Å². The average molecular weight is 349 g/mol. The van der Waals surface area contributed by atoms with E-state index in [9.17, 15) is 14.0 Å². The second-order valence-corrected chi connectivity index (χ2v) is 6.67. The summed E-state index contributed by atoms with van der Waals surface area (Å²) < 4.78 is 19.3. The molecule has 1 atom stereocenters. The van der Waals surface area contributed by atoms with Gasteiger partial charge >= 0.3 is 0 Å². The van der Waals surface area contributed by atoms with Crippen molar-refractivity contribution < 1.29 is 18.7 Å². The molecule has 1 aromatic carbocycles. The van der Waals surface area contributed by atoms with Gasteiger partial charge in [0, 0.05) is 44.7 Å². The quantitative estimate of drug-likeness (QED) is 0.889. The van der Waals surface area contributed by atoms with Crippen molar-refractivity contribution in [3.8, 4) is 5.75 Å². The molecule has 1 saturated heterocycles. The molecule has 6 nitrogen and oxygen atoms in total. The lowest BCUT2D eigenvalue weighted by molar-refractivity contribution is -0.134. The Bertz CT molecular complexity index is 652. The molecule has 0 spiro atoms. The SMILES string of the molecule is CC(=O)NC1CCCN(C(=O)CN2CCOc3c(F)cccc3C2)C1. The summed E-state index contributed by atoms with van der Waals surface area (Å²) in [6.07, 6.45) is 1.78. The number of nitrogens with zero attached hydrogens (tertiary/aromatic N) is 2. The first kappa shape index (κ1) is 17.7. The van der Waals surface area contributed by atoms with Crippen molar-refractivity contribution in [2.45, 2.75) is 32.4 Å². The lowest BCUT2D eigenvalue weighted by atomic mass is 10.1. The van der Waals surface area contributed by atoms with E-state index >= 15 is 0 Å².